The number of hydrogen-bond acceptors (Lipinski definition) is 3. The molecule has 0 aliphatic heterocycles. The Morgan fingerprint density at radius 1 is 1.43 bits per heavy atom. The van der Waals surface area contributed by atoms with E-state index in [1.807, 2.05) is 20.8 Å². The number of benzene rings is 1. The van der Waals surface area contributed by atoms with Gasteiger partial charge in [-0.1, -0.05) is 22.9 Å². The zero-order valence-electron chi connectivity index (χ0n) is 12.5. The van der Waals surface area contributed by atoms with E-state index >= 15 is 0 Å². The monoisotopic (exact) mass is 375 g/mol. The lowest BCUT2D eigenvalue weighted by Gasteiger charge is -2.22. The van der Waals surface area contributed by atoms with Crippen molar-refractivity contribution in [1.29, 1.82) is 0 Å². The Kier molecular flexibility index (Phi) is 6.28. The number of amides is 1. The average Bonchev–Trinajstić information content (AvgIpc) is 2.32. The zero-order valence-corrected chi connectivity index (χ0v) is 15.0. The predicted molar refractivity (Wildman–Crippen MR) is 90.2 cm³/mol. The first kappa shape index (κ1) is 18.0. The Morgan fingerprint density at radius 3 is 2.57 bits per heavy atom. The van der Waals surface area contributed by atoms with Crippen LogP contribution in [0, 0.1) is 5.82 Å². The largest absolute Gasteiger partial charge is 0.481 e. The topological polar surface area (TPSA) is 38.3 Å². The van der Waals surface area contributed by atoms with Gasteiger partial charge in [-0.25, -0.2) is 4.39 Å². The first-order chi connectivity index (χ1) is 9.62. The van der Waals surface area contributed by atoms with Gasteiger partial charge in [-0.3, -0.25) is 4.79 Å². The van der Waals surface area contributed by atoms with Gasteiger partial charge in [-0.15, -0.1) is 0 Å². The fourth-order valence-electron chi connectivity index (χ4n) is 1.60. The number of hydrogen-bond donors (Lipinski definition) is 1. The van der Waals surface area contributed by atoms with E-state index in [0.717, 1.165) is 5.56 Å². The van der Waals surface area contributed by atoms with Crippen molar-refractivity contribution < 1.29 is 13.9 Å². The van der Waals surface area contributed by atoms with E-state index in [4.69, 9.17) is 17.0 Å². The molecular formula is C15H19BrFNO2S. The molecule has 0 aromatic heterocycles. The van der Waals surface area contributed by atoms with Crippen LogP contribution in [0.3, 0.4) is 0 Å². The van der Waals surface area contributed by atoms with Crippen LogP contribution in [0.25, 0.3) is 0 Å². The fraction of sp³-hybridized carbons (Fsp3) is 0.467. The second kappa shape index (κ2) is 7.31. The standard InChI is InChI=1S/C15H19BrFNO2S/c1-5-13(19)18-12-6-9(10(16)8-11(12)17)7-14(21)20-15(2,3)4/h6,8H,5,7H2,1-4H3,(H,18,19). The summed E-state index contributed by atoms with van der Waals surface area (Å²) < 4.78 is 20.0. The van der Waals surface area contributed by atoms with Crippen LogP contribution in [-0.4, -0.2) is 16.6 Å². The third kappa shape index (κ3) is 6.09. The van der Waals surface area contributed by atoms with E-state index in [9.17, 15) is 9.18 Å². The van der Waals surface area contributed by atoms with Crippen molar-refractivity contribution in [3.8, 4) is 0 Å². The number of carbonyl (C=O) groups excluding carboxylic acids is 1. The maximum Gasteiger partial charge on any atom is 0.224 e. The number of thiocarbonyl (C=S) groups is 1. The molecule has 1 N–H and O–H groups in total. The highest BCUT2D eigenvalue weighted by Crippen LogP contribution is 2.26. The number of halogens is 2. The van der Waals surface area contributed by atoms with Gasteiger partial charge in [0.05, 0.1) is 5.69 Å². The molecule has 1 amide bonds. The van der Waals surface area contributed by atoms with Crippen LogP contribution < -0.4 is 5.32 Å². The van der Waals surface area contributed by atoms with E-state index in [-0.39, 0.29) is 23.6 Å². The summed E-state index contributed by atoms with van der Waals surface area (Å²) in [5.41, 5.74) is 0.540. The summed E-state index contributed by atoms with van der Waals surface area (Å²) in [6.07, 6.45) is 0.652. The Labute approximate surface area is 138 Å². The minimum absolute atomic E-state index is 0.151. The van der Waals surface area contributed by atoms with E-state index < -0.39 is 5.82 Å². The van der Waals surface area contributed by atoms with E-state index in [1.54, 1.807) is 13.0 Å². The van der Waals surface area contributed by atoms with Gasteiger partial charge in [0, 0.05) is 17.3 Å². The average molecular weight is 376 g/mol. The summed E-state index contributed by atoms with van der Waals surface area (Å²) in [7, 11) is 0. The number of carbonyl (C=O) groups is 1. The van der Waals surface area contributed by atoms with Crippen LogP contribution in [0.15, 0.2) is 16.6 Å². The number of nitrogens with one attached hydrogen (secondary N) is 1. The molecule has 0 radical (unpaired) electrons. The van der Waals surface area contributed by atoms with Gasteiger partial charge in [0.2, 0.25) is 5.91 Å². The quantitative estimate of drug-likeness (QED) is 0.780. The smallest absolute Gasteiger partial charge is 0.224 e. The third-order valence-corrected chi connectivity index (χ3v) is 3.45. The van der Waals surface area contributed by atoms with E-state index in [1.165, 1.54) is 6.07 Å². The third-order valence-electron chi connectivity index (χ3n) is 2.49. The van der Waals surface area contributed by atoms with Crippen LogP contribution in [0.4, 0.5) is 10.1 Å². The second-order valence-corrected chi connectivity index (χ2v) is 6.90. The summed E-state index contributed by atoms with van der Waals surface area (Å²) in [4.78, 5) is 11.4. The number of ether oxygens (including phenoxy) is 1. The molecule has 0 fully saturated rings. The normalized spacial score (nSPS) is 11.1. The molecule has 3 nitrogen and oxygen atoms in total. The number of anilines is 1. The minimum atomic E-state index is -0.491. The molecule has 0 aliphatic carbocycles. The second-order valence-electron chi connectivity index (χ2n) is 5.59. The Hall–Kier alpha value is -1.01. The predicted octanol–water partition coefficient (Wildman–Crippen LogP) is 4.62. The van der Waals surface area contributed by atoms with Crippen molar-refractivity contribution in [2.75, 3.05) is 5.32 Å². The lowest BCUT2D eigenvalue weighted by atomic mass is 10.1. The first-order valence-corrected chi connectivity index (χ1v) is 7.82. The van der Waals surface area contributed by atoms with Crippen molar-refractivity contribution in [3.63, 3.8) is 0 Å². The van der Waals surface area contributed by atoms with Gasteiger partial charge in [0.25, 0.3) is 0 Å². The van der Waals surface area contributed by atoms with E-state index in [0.29, 0.717) is 15.9 Å². The molecule has 0 unspecified atom stereocenters. The molecule has 0 saturated carbocycles. The molecule has 1 aromatic carbocycles. The molecule has 0 bridgehead atoms. The van der Waals surface area contributed by atoms with Crippen LogP contribution in [0.5, 0.6) is 0 Å². The van der Waals surface area contributed by atoms with Crippen molar-refractivity contribution in [3.05, 3.63) is 28.0 Å². The summed E-state index contributed by atoms with van der Waals surface area (Å²) in [6, 6.07) is 2.89. The molecule has 0 saturated heterocycles. The molecule has 0 heterocycles. The van der Waals surface area contributed by atoms with E-state index in [2.05, 4.69) is 21.2 Å². The molecule has 1 rings (SSSR count). The number of rotatable bonds is 4. The van der Waals surface area contributed by atoms with Crippen molar-refractivity contribution in [2.45, 2.75) is 46.1 Å². The molecule has 116 valence electrons. The maximum atomic E-state index is 13.8. The van der Waals surface area contributed by atoms with Gasteiger partial charge in [-0.05, 0) is 50.7 Å². The lowest BCUT2D eigenvalue weighted by Crippen LogP contribution is -2.24. The molecule has 1 aromatic rings. The maximum absolute atomic E-state index is 13.8. The molecular weight excluding hydrogens is 357 g/mol. The SMILES string of the molecule is CCC(=O)Nc1cc(CC(=S)OC(C)(C)C)c(Br)cc1F. The van der Waals surface area contributed by atoms with Gasteiger partial charge in [0.15, 0.2) is 5.05 Å². The highest BCUT2D eigenvalue weighted by molar-refractivity contribution is 9.10. The molecule has 6 heteroatoms. The van der Waals surface area contributed by atoms with Crippen LogP contribution in [0.1, 0.15) is 39.7 Å². The molecule has 0 aliphatic rings. The Morgan fingerprint density at radius 2 is 2.05 bits per heavy atom. The summed E-state index contributed by atoms with van der Waals surface area (Å²) >= 11 is 8.51. The summed E-state index contributed by atoms with van der Waals surface area (Å²) in [6.45, 7) is 7.43. The molecule has 21 heavy (non-hydrogen) atoms. The van der Waals surface area contributed by atoms with Gasteiger partial charge >= 0.3 is 0 Å². The lowest BCUT2D eigenvalue weighted by molar-refractivity contribution is -0.115. The van der Waals surface area contributed by atoms with Crippen molar-refractivity contribution in [1.82, 2.24) is 0 Å². The molecule has 0 atom stereocenters. The van der Waals surface area contributed by atoms with Gasteiger partial charge < -0.3 is 10.1 Å². The highest BCUT2D eigenvalue weighted by Gasteiger charge is 2.16. The van der Waals surface area contributed by atoms with Crippen LogP contribution >= 0.6 is 28.1 Å². The van der Waals surface area contributed by atoms with Gasteiger partial charge in [0.1, 0.15) is 11.4 Å². The van der Waals surface area contributed by atoms with Crippen molar-refractivity contribution >= 4 is 44.8 Å². The Balaban J connectivity index is 2.94. The minimum Gasteiger partial charge on any atom is -0.481 e. The van der Waals surface area contributed by atoms with Crippen molar-refractivity contribution in [2.24, 2.45) is 0 Å². The highest BCUT2D eigenvalue weighted by atomic mass is 79.9. The summed E-state index contributed by atoms with van der Waals surface area (Å²) in [5.74, 6) is -0.731. The van der Waals surface area contributed by atoms with Crippen LogP contribution in [-0.2, 0) is 16.0 Å². The van der Waals surface area contributed by atoms with Crippen LogP contribution in [0.2, 0.25) is 0 Å². The summed E-state index contributed by atoms with van der Waals surface area (Å²) in [5, 5.41) is 2.95. The Bertz CT molecular complexity index is 555. The molecule has 0 spiro atoms. The fourth-order valence-corrected chi connectivity index (χ4v) is 2.46. The van der Waals surface area contributed by atoms with Gasteiger partial charge in [-0.2, -0.15) is 0 Å². The first-order valence-electron chi connectivity index (χ1n) is 6.62. The zero-order chi connectivity index (χ0) is 16.2.